The Hall–Kier alpha value is -1.55. The lowest BCUT2D eigenvalue weighted by atomic mass is 9.83. The number of ether oxygens (including phenoxy) is 1. The maximum absolute atomic E-state index is 12.5. The molecule has 0 aliphatic carbocycles. The molecule has 1 aromatic rings. The maximum Gasteiger partial charge on any atom is 0.230 e. The first-order valence-corrected chi connectivity index (χ1v) is 7.16. The molecule has 3 N–H and O–H groups in total. The van der Waals surface area contributed by atoms with Crippen LogP contribution in [-0.4, -0.2) is 25.2 Å². The molecule has 0 saturated carbocycles. The summed E-state index contributed by atoms with van der Waals surface area (Å²) in [5, 5.41) is 3.13. The first-order chi connectivity index (χ1) is 9.41. The Morgan fingerprint density at radius 3 is 2.60 bits per heavy atom. The molecule has 1 aliphatic rings. The standard InChI is InChI=1S/C16H24N2O2/c1-11(12-8-9-20-10-12)18-15(19)16(2,3)13-4-6-14(17)7-5-13/h4-7,11-12H,8-10,17H2,1-3H3,(H,18,19). The van der Waals surface area contributed by atoms with E-state index in [9.17, 15) is 4.79 Å². The van der Waals surface area contributed by atoms with Gasteiger partial charge in [-0.1, -0.05) is 12.1 Å². The minimum Gasteiger partial charge on any atom is -0.399 e. The van der Waals surface area contributed by atoms with Crippen LogP contribution in [0.5, 0.6) is 0 Å². The number of hydrogen-bond donors (Lipinski definition) is 2. The normalized spacial score (nSPS) is 20.6. The van der Waals surface area contributed by atoms with Gasteiger partial charge in [0.1, 0.15) is 0 Å². The van der Waals surface area contributed by atoms with Gasteiger partial charge in [-0.25, -0.2) is 0 Å². The number of benzene rings is 1. The minimum atomic E-state index is -0.568. The largest absolute Gasteiger partial charge is 0.399 e. The third-order valence-corrected chi connectivity index (χ3v) is 4.23. The van der Waals surface area contributed by atoms with E-state index in [1.54, 1.807) is 0 Å². The van der Waals surface area contributed by atoms with Crippen molar-refractivity contribution in [2.45, 2.75) is 38.6 Å². The van der Waals surface area contributed by atoms with E-state index in [-0.39, 0.29) is 11.9 Å². The number of nitrogen functional groups attached to an aromatic ring is 1. The van der Waals surface area contributed by atoms with Crippen molar-refractivity contribution in [3.8, 4) is 0 Å². The summed E-state index contributed by atoms with van der Waals surface area (Å²) in [7, 11) is 0. The number of nitrogens with one attached hydrogen (secondary N) is 1. The van der Waals surface area contributed by atoms with Crippen LogP contribution >= 0.6 is 0 Å². The van der Waals surface area contributed by atoms with Crippen LogP contribution < -0.4 is 11.1 Å². The summed E-state index contributed by atoms with van der Waals surface area (Å²) in [5.74, 6) is 0.461. The Morgan fingerprint density at radius 2 is 2.05 bits per heavy atom. The van der Waals surface area contributed by atoms with Crippen molar-refractivity contribution >= 4 is 11.6 Å². The molecule has 0 spiro atoms. The third-order valence-electron chi connectivity index (χ3n) is 4.23. The van der Waals surface area contributed by atoms with Crippen LogP contribution in [0.1, 0.15) is 32.8 Å². The zero-order chi connectivity index (χ0) is 14.8. The Bertz CT molecular complexity index is 462. The van der Waals surface area contributed by atoms with E-state index in [1.165, 1.54) is 0 Å². The number of amides is 1. The van der Waals surface area contributed by atoms with Crippen LogP contribution in [0.15, 0.2) is 24.3 Å². The molecule has 20 heavy (non-hydrogen) atoms. The number of nitrogens with two attached hydrogens (primary N) is 1. The van der Waals surface area contributed by atoms with E-state index < -0.39 is 5.41 Å². The number of rotatable bonds is 4. The molecule has 1 saturated heterocycles. The minimum absolute atomic E-state index is 0.0432. The quantitative estimate of drug-likeness (QED) is 0.828. The molecule has 0 bridgehead atoms. The first kappa shape index (κ1) is 14.9. The first-order valence-electron chi connectivity index (χ1n) is 7.16. The van der Waals surface area contributed by atoms with Crippen molar-refractivity contribution < 1.29 is 9.53 Å². The number of hydrogen-bond acceptors (Lipinski definition) is 3. The van der Waals surface area contributed by atoms with Crippen molar-refractivity contribution in [1.82, 2.24) is 5.32 Å². The molecule has 1 aliphatic heterocycles. The molecule has 1 fully saturated rings. The summed E-state index contributed by atoms with van der Waals surface area (Å²) in [6, 6.07) is 7.63. The predicted molar refractivity (Wildman–Crippen MR) is 80.4 cm³/mol. The lowest BCUT2D eigenvalue weighted by Gasteiger charge is -2.28. The Morgan fingerprint density at radius 1 is 1.40 bits per heavy atom. The summed E-state index contributed by atoms with van der Waals surface area (Å²) in [6.45, 7) is 7.46. The van der Waals surface area contributed by atoms with Crippen LogP contribution in [0.25, 0.3) is 0 Å². The zero-order valence-electron chi connectivity index (χ0n) is 12.5. The van der Waals surface area contributed by atoms with Gasteiger partial charge in [-0.15, -0.1) is 0 Å². The van der Waals surface area contributed by atoms with Gasteiger partial charge in [0.05, 0.1) is 12.0 Å². The third kappa shape index (κ3) is 3.12. The van der Waals surface area contributed by atoms with Gasteiger partial charge in [-0.2, -0.15) is 0 Å². The fourth-order valence-corrected chi connectivity index (χ4v) is 2.48. The summed E-state index contributed by atoms with van der Waals surface area (Å²) in [4.78, 5) is 12.5. The fraction of sp³-hybridized carbons (Fsp3) is 0.562. The average Bonchev–Trinajstić information content (AvgIpc) is 2.93. The van der Waals surface area contributed by atoms with Gasteiger partial charge in [-0.05, 0) is 44.9 Å². The Labute approximate surface area is 120 Å². The highest BCUT2D eigenvalue weighted by atomic mass is 16.5. The zero-order valence-corrected chi connectivity index (χ0v) is 12.5. The molecule has 4 nitrogen and oxygen atoms in total. The predicted octanol–water partition coefficient (Wildman–Crippen LogP) is 2.09. The highest BCUT2D eigenvalue weighted by Crippen LogP contribution is 2.25. The maximum atomic E-state index is 12.5. The van der Waals surface area contributed by atoms with Crippen LogP contribution in [0.4, 0.5) is 5.69 Å². The van der Waals surface area contributed by atoms with Crippen molar-refractivity contribution in [2.75, 3.05) is 18.9 Å². The Kier molecular flexibility index (Phi) is 4.33. The highest BCUT2D eigenvalue weighted by Gasteiger charge is 2.32. The molecule has 1 amide bonds. The number of carbonyl (C=O) groups is 1. The van der Waals surface area contributed by atoms with E-state index in [0.29, 0.717) is 11.6 Å². The van der Waals surface area contributed by atoms with Gasteiger partial charge in [0.15, 0.2) is 0 Å². The van der Waals surface area contributed by atoms with Gasteiger partial charge >= 0.3 is 0 Å². The smallest absolute Gasteiger partial charge is 0.230 e. The summed E-state index contributed by atoms with van der Waals surface area (Å²) in [6.07, 6.45) is 1.02. The topological polar surface area (TPSA) is 64.4 Å². The van der Waals surface area contributed by atoms with Gasteiger partial charge in [0, 0.05) is 24.3 Å². The van der Waals surface area contributed by atoms with E-state index >= 15 is 0 Å². The molecule has 2 rings (SSSR count). The van der Waals surface area contributed by atoms with Crippen molar-refractivity contribution in [2.24, 2.45) is 5.92 Å². The van der Waals surface area contributed by atoms with Gasteiger partial charge in [0.25, 0.3) is 0 Å². The molecular formula is C16H24N2O2. The van der Waals surface area contributed by atoms with Crippen LogP contribution in [0.2, 0.25) is 0 Å². The second-order valence-electron chi connectivity index (χ2n) is 6.13. The molecule has 2 atom stereocenters. The molecule has 2 unspecified atom stereocenters. The van der Waals surface area contributed by atoms with E-state index in [0.717, 1.165) is 25.2 Å². The lowest BCUT2D eigenvalue weighted by Crippen LogP contribution is -2.46. The summed E-state index contributed by atoms with van der Waals surface area (Å²) < 4.78 is 5.38. The lowest BCUT2D eigenvalue weighted by molar-refractivity contribution is -0.126. The molecule has 1 aromatic carbocycles. The van der Waals surface area contributed by atoms with E-state index in [2.05, 4.69) is 12.2 Å². The van der Waals surface area contributed by atoms with Crippen molar-refractivity contribution in [3.63, 3.8) is 0 Å². The molecule has 0 radical (unpaired) electrons. The Balaban J connectivity index is 2.04. The van der Waals surface area contributed by atoms with E-state index in [1.807, 2.05) is 38.1 Å². The second kappa shape index (κ2) is 5.83. The SMILES string of the molecule is CC(NC(=O)C(C)(C)c1ccc(N)cc1)C1CCOC1. The highest BCUT2D eigenvalue weighted by molar-refractivity contribution is 5.87. The van der Waals surface area contributed by atoms with Crippen LogP contribution in [-0.2, 0) is 14.9 Å². The van der Waals surface area contributed by atoms with Crippen molar-refractivity contribution in [3.05, 3.63) is 29.8 Å². The molecular weight excluding hydrogens is 252 g/mol. The van der Waals surface area contributed by atoms with Gasteiger partial charge in [-0.3, -0.25) is 4.79 Å². The molecule has 0 aromatic heterocycles. The molecule has 110 valence electrons. The van der Waals surface area contributed by atoms with Gasteiger partial charge in [0.2, 0.25) is 5.91 Å². The number of anilines is 1. The average molecular weight is 276 g/mol. The second-order valence-corrected chi connectivity index (χ2v) is 6.13. The fourth-order valence-electron chi connectivity index (χ4n) is 2.48. The van der Waals surface area contributed by atoms with Crippen LogP contribution in [0, 0.1) is 5.92 Å². The van der Waals surface area contributed by atoms with Gasteiger partial charge < -0.3 is 15.8 Å². The number of carbonyl (C=O) groups excluding carboxylic acids is 1. The summed E-state index contributed by atoms with van der Waals surface area (Å²) >= 11 is 0. The molecule has 1 heterocycles. The summed E-state index contributed by atoms with van der Waals surface area (Å²) in [5.41, 5.74) is 6.81. The van der Waals surface area contributed by atoms with Crippen LogP contribution in [0.3, 0.4) is 0 Å². The monoisotopic (exact) mass is 276 g/mol. The molecule has 4 heteroatoms. The van der Waals surface area contributed by atoms with Crippen molar-refractivity contribution in [1.29, 1.82) is 0 Å². The van der Waals surface area contributed by atoms with E-state index in [4.69, 9.17) is 10.5 Å².